The number of hydrogen-bond acceptors (Lipinski definition) is 1. The number of carbonyl (C=O) groups is 1. The number of carbonyl (C=O) groups excluding carboxylic acids is 1. The number of rotatable bonds is 3. The number of halogens is 4. The summed E-state index contributed by atoms with van der Waals surface area (Å²) in [7, 11) is 0. The molecule has 0 aliphatic rings. The Morgan fingerprint density at radius 2 is 1.38 bits per heavy atom. The monoisotopic (exact) mass is 310 g/mol. The maximum absolute atomic E-state index is 12.5. The zero-order chi connectivity index (χ0) is 15.6. The van der Waals surface area contributed by atoms with Crippen LogP contribution in [0.1, 0.15) is 21.5 Å². The van der Waals surface area contributed by atoms with Crippen molar-refractivity contribution < 1.29 is 18.0 Å². The van der Waals surface area contributed by atoms with Gasteiger partial charge in [0, 0.05) is 16.2 Å². The second kappa shape index (κ2) is 5.74. The molecule has 21 heavy (non-hydrogen) atoms. The molecule has 0 aliphatic heterocycles. The van der Waals surface area contributed by atoms with E-state index in [1.54, 1.807) is 24.3 Å². The highest BCUT2D eigenvalue weighted by atomic mass is 35.5. The summed E-state index contributed by atoms with van der Waals surface area (Å²) in [4.78, 5) is 12.2. The fourth-order valence-electron chi connectivity index (χ4n) is 1.77. The Kier molecular flexibility index (Phi) is 4.19. The molecule has 1 nitrogen and oxygen atoms in total. The van der Waals surface area contributed by atoms with Crippen LogP contribution in [0.3, 0.4) is 0 Å². The van der Waals surface area contributed by atoms with E-state index in [-0.39, 0.29) is 11.4 Å². The van der Waals surface area contributed by atoms with Crippen LogP contribution < -0.4 is 0 Å². The van der Waals surface area contributed by atoms with Crippen LogP contribution in [0.15, 0.2) is 55.1 Å². The lowest BCUT2D eigenvalue weighted by Gasteiger charge is -2.09. The topological polar surface area (TPSA) is 17.1 Å². The third kappa shape index (κ3) is 3.52. The van der Waals surface area contributed by atoms with Crippen molar-refractivity contribution in [2.24, 2.45) is 0 Å². The van der Waals surface area contributed by atoms with Gasteiger partial charge in [0.15, 0.2) is 5.78 Å². The Morgan fingerprint density at radius 1 is 0.905 bits per heavy atom. The van der Waals surface area contributed by atoms with Crippen molar-refractivity contribution >= 4 is 23.0 Å². The van der Waals surface area contributed by atoms with E-state index in [1.165, 1.54) is 12.1 Å². The van der Waals surface area contributed by atoms with Gasteiger partial charge in [0.05, 0.1) is 5.56 Å². The average molecular weight is 311 g/mol. The van der Waals surface area contributed by atoms with E-state index < -0.39 is 11.7 Å². The van der Waals surface area contributed by atoms with Crippen LogP contribution in [-0.4, -0.2) is 5.78 Å². The third-order valence-electron chi connectivity index (χ3n) is 2.94. The summed E-state index contributed by atoms with van der Waals surface area (Å²) in [5, 5.41) is 0.492. The maximum atomic E-state index is 12.5. The Hall–Kier alpha value is -2.07. The number of allylic oxidation sites excluding steroid dienone is 1. The van der Waals surface area contributed by atoms with Crippen molar-refractivity contribution in [3.8, 4) is 0 Å². The van der Waals surface area contributed by atoms with Crippen LogP contribution >= 0.6 is 11.6 Å². The molecule has 0 amide bonds. The predicted molar refractivity (Wildman–Crippen MR) is 76.3 cm³/mol. The summed E-state index contributed by atoms with van der Waals surface area (Å²) in [6, 6.07) is 10.5. The van der Waals surface area contributed by atoms with Crippen LogP contribution in [0.2, 0.25) is 5.02 Å². The van der Waals surface area contributed by atoms with Gasteiger partial charge >= 0.3 is 6.18 Å². The molecule has 2 aromatic rings. The lowest BCUT2D eigenvalue weighted by atomic mass is 9.97. The molecule has 0 fully saturated rings. The highest BCUT2D eigenvalue weighted by Crippen LogP contribution is 2.30. The molecule has 0 bridgehead atoms. The normalized spacial score (nSPS) is 11.2. The first kappa shape index (κ1) is 15.3. The maximum Gasteiger partial charge on any atom is 0.416 e. The van der Waals surface area contributed by atoms with Crippen molar-refractivity contribution in [2.45, 2.75) is 6.18 Å². The van der Waals surface area contributed by atoms with E-state index >= 15 is 0 Å². The van der Waals surface area contributed by atoms with Crippen molar-refractivity contribution in [3.05, 3.63) is 76.8 Å². The Morgan fingerprint density at radius 3 is 1.86 bits per heavy atom. The van der Waals surface area contributed by atoms with Crippen molar-refractivity contribution in [3.63, 3.8) is 0 Å². The van der Waals surface area contributed by atoms with Crippen molar-refractivity contribution in [2.75, 3.05) is 0 Å². The molecule has 0 unspecified atom stereocenters. The van der Waals surface area contributed by atoms with Gasteiger partial charge in [-0.2, -0.15) is 13.2 Å². The Balaban J connectivity index is 2.24. The van der Waals surface area contributed by atoms with Gasteiger partial charge < -0.3 is 0 Å². The van der Waals surface area contributed by atoms with E-state index in [1.807, 2.05) is 0 Å². The van der Waals surface area contributed by atoms with Gasteiger partial charge in [-0.25, -0.2) is 0 Å². The van der Waals surface area contributed by atoms with Crippen LogP contribution in [0.4, 0.5) is 13.2 Å². The standard InChI is InChI=1S/C16H10ClF3O/c1-10(15(21)12-4-8-14(17)9-5-12)11-2-6-13(7-3-11)16(18,19)20/h2-9H,1H2. The SMILES string of the molecule is C=C(C(=O)c1ccc(Cl)cc1)c1ccc(C(F)(F)F)cc1. The first-order valence-corrected chi connectivity index (χ1v) is 6.33. The summed E-state index contributed by atoms with van der Waals surface area (Å²) in [6.45, 7) is 3.65. The first-order valence-electron chi connectivity index (χ1n) is 5.96. The highest BCUT2D eigenvalue weighted by Gasteiger charge is 2.30. The molecular formula is C16H10ClF3O. The molecule has 0 saturated carbocycles. The summed E-state index contributed by atoms with van der Waals surface area (Å²) in [5.74, 6) is -0.355. The number of benzene rings is 2. The van der Waals surface area contributed by atoms with Gasteiger partial charge in [-0.1, -0.05) is 30.3 Å². The lowest BCUT2D eigenvalue weighted by Crippen LogP contribution is -2.06. The zero-order valence-corrected chi connectivity index (χ0v) is 11.5. The molecule has 0 aliphatic carbocycles. The fraction of sp³-hybridized carbons (Fsp3) is 0.0625. The summed E-state index contributed by atoms with van der Waals surface area (Å²) in [6.07, 6.45) is -4.40. The largest absolute Gasteiger partial charge is 0.416 e. The smallest absolute Gasteiger partial charge is 0.289 e. The van der Waals surface area contributed by atoms with E-state index in [0.29, 0.717) is 16.1 Å². The molecule has 0 N–H and O–H groups in total. The van der Waals surface area contributed by atoms with Gasteiger partial charge in [0.2, 0.25) is 0 Å². The lowest BCUT2D eigenvalue weighted by molar-refractivity contribution is -0.137. The fourth-order valence-corrected chi connectivity index (χ4v) is 1.89. The van der Waals surface area contributed by atoms with E-state index in [4.69, 9.17) is 11.6 Å². The molecule has 5 heteroatoms. The van der Waals surface area contributed by atoms with E-state index in [9.17, 15) is 18.0 Å². The molecule has 0 spiro atoms. The molecule has 2 aromatic carbocycles. The second-order valence-corrected chi connectivity index (χ2v) is 4.83. The van der Waals surface area contributed by atoms with Crippen LogP contribution in [0.25, 0.3) is 5.57 Å². The van der Waals surface area contributed by atoms with Gasteiger partial charge in [0.1, 0.15) is 0 Å². The number of Topliss-reactive ketones (excluding diaryl/α,β-unsaturated/α-hetero) is 1. The Bertz CT molecular complexity index is 670. The molecule has 0 saturated heterocycles. The zero-order valence-electron chi connectivity index (χ0n) is 10.7. The molecule has 0 atom stereocenters. The van der Waals surface area contributed by atoms with Crippen molar-refractivity contribution in [1.82, 2.24) is 0 Å². The Labute approximate surface area is 124 Å². The minimum Gasteiger partial charge on any atom is -0.289 e. The second-order valence-electron chi connectivity index (χ2n) is 4.39. The number of alkyl halides is 3. The minimum atomic E-state index is -4.40. The molecule has 0 aromatic heterocycles. The number of ketones is 1. The molecule has 0 radical (unpaired) electrons. The molecule has 108 valence electrons. The quantitative estimate of drug-likeness (QED) is 0.558. The predicted octanol–water partition coefficient (Wildman–Crippen LogP) is 5.25. The van der Waals surface area contributed by atoms with E-state index in [2.05, 4.69) is 6.58 Å². The molecule has 2 rings (SSSR count). The van der Waals surface area contributed by atoms with Gasteiger partial charge in [-0.05, 0) is 42.0 Å². The third-order valence-corrected chi connectivity index (χ3v) is 3.19. The first-order chi connectivity index (χ1) is 9.79. The van der Waals surface area contributed by atoms with Gasteiger partial charge in [-0.15, -0.1) is 0 Å². The molecule has 0 heterocycles. The average Bonchev–Trinajstić information content (AvgIpc) is 2.46. The summed E-state index contributed by atoms with van der Waals surface area (Å²) >= 11 is 5.73. The van der Waals surface area contributed by atoms with Crippen LogP contribution in [-0.2, 0) is 6.18 Å². The summed E-state index contributed by atoms with van der Waals surface area (Å²) < 4.78 is 37.4. The highest BCUT2D eigenvalue weighted by molar-refractivity contribution is 6.31. The molecular weight excluding hydrogens is 301 g/mol. The van der Waals surface area contributed by atoms with Crippen molar-refractivity contribution in [1.29, 1.82) is 0 Å². The number of hydrogen-bond donors (Lipinski definition) is 0. The summed E-state index contributed by atoms with van der Waals surface area (Å²) in [5.41, 5.74) is 0.0938. The van der Waals surface area contributed by atoms with E-state index in [0.717, 1.165) is 12.1 Å². The minimum absolute atomic E-state index is 0.131. The van der Waals surface area contributed by atoms with Gasteiger partial charge in [-0.3, -0.25) is 4.79 Å². The van der Waals surface area contributed by atoms with Gasteiger partial charge in [0.25, 0.3) is 0 Å². The van der Waals surface area contributed by atoms with Crippen LogP contribution in [0.5, 0.6) is 0 Å². The van der Waals surface area contributed by atoms with Crippen LogP contribution in [0, 0.1) is 0 Å².